The van der Waals surface area contributed by atoms with Gasteiger partial charge in [-0.25, -0.2) is 4.79 Å². The summed E-state index contributed by atoms with van der Waals surface area (Å²) in [6.07, 6.45) is -3.68. The average molecular weight is 422 g/mol. The molecule has 4 aliphatic rings. The second-order valence-corrected chi connectivity index (χ2v) is 8.93. The Hall–Kier alpha value is -1.71. The molecule has 3 fully saturated rings. The van der Waals surface area contributed by atoms with Gasteiger partial charge in [-0.3, -0.25) is 0 Å². The molecule has 1 aromatic rings. The van der Waals surface area contributed by atoms with Crippen molar-refractivity contribution < 1.29 is 38.8 Å². The van der Waals surface area contributed by atoms with Crippen LogP contribution in [0.3, 0.4) is 0 Å². The topological polar surface area (TPSA) is 128 Å². The van der Waals surface area contributed by atoms with E-state index in [1.807, 2.05) is 0 Å². The second-order valence-electron chi connectivity index (χ2n) is 8.93. The lowest BCUT2D eigenvalue weighted by Gasteiger charge is -2.56. The van der Waals surface area contributed by atoms with Gasteiger partial charge in [0.05, 0.1) is 4.11 Å². The molecule has 0 amide bonds. The number of hydrogen-bond donors (Lipinski definition) is 5. The van der Waals surface area contributed by atoms with Crippen LogP contribution >= 0.6 is 0 Å². The van der Waals surface area contributed by atoms with Crippen LogP contribution in [-0.4, -0.2) is 69.7 Å². The van der Waals surface area contributed by atoms with E-state index in [0.29, 0.717) is 17.9 Å². The maximum absolute atomic E-state index is 11.4. The fraction of sp³-hybridized carbons (Fsp3) is 0.682. The maximum atomic E-state index is 11.4. The highest BCUT2D eigenvalue weighted by molar-refractivity contribution is 5.73. The summed E-state index contributed by atoms with van der Waals surface area (Å²) in [5, 5.41) is 43.2. The molecule has 1 saturated carbocycles. The van der Waals surface area contributed by atoms with Crippen molar-refractivity contribution in [3.8, 4) is 5.75 Å². The lowest BCUT2D eigenvalue weighted by atomic mass is 9.53. The fourth-order valence-electron chi connectivity index (χ4n) is 5.97. The van der Waals surface area contributed by atoms with E-state index in [9.17, 15) is 25.2 Å². The molecule has 1 aromatic carbocycles. The van der Waals surface area contributed by atoms with Crippen LogP contribution in [0.25, 0.3) is 0 Å². The van der Waals surface area contributed by atoms with Crippen molar-refractivity contribution in [2.45, 2.75) is 80.7 Å². The van der Waals surface area contributed by atoms with E-state index >= 15 is 0 Å². The number of hydrogen-bond acceptors (Lipinski definition) is 7. The number of benzene rings is 1. The monoisotopic (exact) mass is 422 g/mol. The van der Waals surface area contributed by atoms with Gasteiger partial charge in [0.1, 0.15) is 24.1 Å². The van der Waals surface area contributed by atoms with Crippen LogP contribution in [0, 0.1) is 5.92 Å². The van der Waals surface area contributed by atoms with Gasteiger partial charge in [-0.15, -0.1) is 0 Å². The summed E-state index contributed by atoms with van der Waals surface area (Å²) in [6, 6.07) is -0.223. The Morgan fingerprint density at radius 3 is 2.83 bits per heavy atom. The largest absolute Gasteiger partial charge is 0.479 e. The Morgan fingerprint density at radius 1 is 1.20 bits per heavy atom. The van der Waals surface area contributed by atoms with Crippen molar-refractivity contribution in [3.05, 3.63) is 29.3 Å². The quantitative estimate of drug-likeness (QED) is 0.471. The van der Waals surface area contributed by atoms with E-state index in [2.05, 4.69) is 5.32 Å². The smallest absolute Gasteiger partial charge is 0.335 e. The summed E-state index contributed by atoms with van der Waals surface area (Å²) in [6.45, 7) is 0.807. The first kappa shape index (κ1) is 16.9. The minimum atomic E-state index is -1.87. The van der Waals surface area contributed by atoms with E-state index in [1.54, 1.807) is 0 Å². The first-order valence-corrected chi connectivity index (χ1v) is 10.6. The lowest BCUT2D eigenvalue weighted by molar-refractivity contribution is -0.271. The summed E-state index contributed by atoms with van der Waals surface area (Å²) in [5.41, 5.74) is 1.12. The number of carboxylic acids is 1. The van der Waals surface area contributed by atoms with Gasteiger partial charge in [-0.2, -0.15) is 0 Å². The van der Waals surface area contributed by atoms with Crippen molar-refractivity contribution in [1.29, 1.82) is 0 Å². The molecule has 5 N–H and O–H groups in total. The SMILES string of the molecule is [2H]c1c([2H])c(O[C@@H]2O[C@H](C(=O)O)[C@@H](O)[C@H](O)[C@H]2O)c([2H])c2c1C[C@H]1NCC[C@@]23CCCC[C@@H]13. The molecule has 0 spiro atoms. The molecule has 2 aliphatic heterocycles. The standard InChI is InChI=1S/C22H29NO7/c24-16-17(25)19(20(27)28)30-21(18(16)26)29-12-5-4-11-9-15-13-3-1-2-6-22(13,7-8-23-15)14(11)10-12/h4-5,10,13,15-19,21,23-26H,1-3,6-9H2,(H,27,28)/t13-,15+,16-,17-,18+,19-,21+,22+/m0/s1/i4D,5D,10D. The molecule has 2 saturated heterocycles. The molecule has 8 atom stereocenters. The molecule has 30 heavy (non-hydrogen) atoms. The number of aliphatic hydroxyl groups is 3. The number of carboxylic acid groups (broad SMARTS) is 1. The van der Waals surface area contributed by atoms with Crippen molar-refractivity contribution in [2.75, 3.05) is 6.54 Å². The fourth-order valence-corrected chi connectivity index (χ4v) is 5.97. The molecule has 2 heterocycles. The number of piperidine rings is 1. The summed E-state index contributed by atoms with van der Waals surface area (Å²) >= 11 is 0. The van der Waals surface area contributed by atoms with Crippen LogP contribution in [0.2, 0.25) is 0 Å². The van der Waals surface area contributed by atoms with Crippen LogP contribution in [0.5, 0.6) is 5.75 Å². The van der Waals surface area contributed by atoms with Gasteiger partial charge < -0.3 is 35.2 Å². The van der Waals surface area contributed by atoms with Crippen LogP contribution < -0.4 is 10.1 Å². The predicted molar refractivity (Wildman–Crippen MR) is 105 cm³/mol. The van der Waals surface area contributed by atoms with E-state index in [0.717, 1.165) is 44.2 Å². The van der Waals surface area contributed by atoms with Crippen molar-refractivity contribution >= 4 is 5.97 Å². The highest BCUT2D eigenvalue weighted by Crippen LogP contribution is 2.54. The number of rotatable bonds is 3. The van der Waals surface area contributed by atoms with Crippen LogP contribution in [-0.2, 0) is 21.4 Å². The Kier molecular flexibility index (Phi) is 4.21. The Morgan fingerprint density at radius 2 is 2.03 bits per heavy atom. The Bertz CT molecular complexity index is 974. The van der Waals surface area contributed by atoms with E-state index < -0.39 is 36.7 Å². The molecule has 8 nitrogen and oxygen atoms in total. The van der Waals surface area contributed by atoms with Gasteiger partial charge >= 0.3 is 5.97 Å². The van der Waals surface area contributed by atoms with Crippen molar-refractivity contribution in [1.82, 2.24) is 5.32 Å². The van der Waals surface area contributed by atoms with Crippen molar-refractivity contribution in [2.24, 2.45) is 5.92 Å². The summed E-state index contributed by atoms with van der Waals surface area (Å²) in [7, 11) is 0. The van der Waals surface area contributed by atoms with Gasteiger partial charge in [0.15, 0.2) is 6.10 Å². The van der Waals surface area contributed by atoms with Crippen LogP contribution in [0.4, 0.5) is 0 Å². The highest BCUT2D eigenvalue weighted by Gasteiger charge is 2.52. The normalized spacial score (nSPS) is 44.1. The lowest BCUT2D eigenvalue weighted by Crippen LogP contribution is -2.61. The molecular weight excluding hydrogens is 390 g/mol. The van der Waals surface area contributed by atoms with Crippen molar-refractivity contribution in [3.63, 3.8) is 0 Å². The first-order chi connectivity index (χ1) is 15.7. The first-order valence-electron chi connectivity index (χ1n) is 12.1. The third-order valence-electron chi connectivity index (χ3n) is 7.40. The van der Waals surface area contributed by atoms with Crippen LogP contribution in [0.15, 0.2) is 18.1 Å². The molecule has 0 radical (unpaired) electrons. The zero-order chi connectivity index (χ0) is 23.7. The van der Waals surface area contributed by atoms with Crippen LogP contribution in [0.1, 0.15) is 47.3 Å². The second kappa shape index (κ2) is 7.46. The molecular formula is C22H29NO7. The molecule has 5 rings (SSSR count). The van der Waals surface area contributed by atoms with Gasteiger partial charge in [0.2, 0.25) is 6.29 Å². The van der Waals surface area contributed by atoms with E-state index in [4.69, 9.17) is 13.6 Å². The highest BCUT2D eigenvalue weighted by atomic mass is 16.7. The predicted octanol–water partition coefficient (Wildman–Crippen LogP) is 0.304. The minimum Gasteiger partial charge on any atom is -0.479 e. The number of aliphatic hydroxyl groups excluding tert-OH is 3. The zero-order valence-electron chi connectivity index (χ0n) is 19.5. The third kappa shape index (κ3) is 3.05. The number of ether oxygens (including phenoxy) is 2. The molecule has 0 unspecified atom stereocenters. The molecule has 164 valence electrons. The third-order valence-corrected chi connectivity index (χ3v) is 7.40. The number of fused-ring (bicyclic) bond motifs is 1. The summed E-state index contributed by atoms with van der Waals surface area (Å²) in [5.74, 6) is -1.49. The summed E-state index contributed by atoms with van der Waals surface area (Å²) < 4.78 is 37.1. The summed E-state index contributed by atoms with van der Waals surface area (Å²) in [4.78, 5) is 11.4. The number of aliphatic carboxylic acids is 1. The van der Waals surface area contributed by atoms with E-state index in [-0.39, 0.29) is 35.3 Å². The minimum absolute atomic E-state index is 0.0402. The zero-order valence-corrected chi connectivity index (χ0v) is 16.5. The molecule has 0 aromatic heterocycles. The van der Waals surface area contributed by atoms with Gasteiger partial charge in [0, 0.05) is 11.5 Å². The maximum Gasteiger partial charge on any atom is 0.335 e. The molecule has 8 heteroatoms. The Balaban J connectivity index is 1.58. The Labute approximate surface area is 179 Å². The van der Waals surface area contributed by atoms with Gasteiger partial charge in [0.25, 0.3) is 0 Å². The number of nitrogens with one attached hydrogen (secondary N) is 1. The van der Waals surface area contributed by atoms with Gasteiger partial charge in [-0.1, -0.05) is 18.9 Å². The van der Waals surface area contributed by atoms with Gasteiger partial charge in [-0.05, 0) is 61.4 Å². The molecule has 2 bridgehead atoms. The number of carbonyl (C=O) groups is 1. The van der Waals surface area contributed by atoms with E-state index in [1.165, 1.54) is 0 Å². The molecule has 2 aliphatic carbocycles. The average Bonchev–Trinajstić information content (AvgIpc) is 2.79.